The third-order valence-electron chi connectivity index (χ3n) is 6.40. The molecule has 6 N–H and O–H groups in total. The van der Waals surface area contributed by atoms with Crippen LogP contribution >= 0.6 is 11.3 Å². The van der Waals surface area contributed by atoms with E-state index >= 15 is 0 Å². The number of thiophene rings is 1. The Hall–Kier alpha value is -3.09. The van der Waals surface area contributed by atoms with Crippen LogP contribution in [0.5, 0.6) is 0 Å². The van der Waals surface area contributed by atoms with Crippen molar-refractivity contribution >= 4 is 33.4 Å². The van der Waals surface area contributed by atoms with Crippen LogP contribution in [0.4, 0.5) is 0 Å². The minimum atomic E-state index is -4.25. The minimum absolute atomic E-state index is 0.279. The van der Waals surface area contributed by atoms with Gasteiger partial charge in [0.05, 0.1) is 6.54 Å². The predicted molar refractivity (Wildman–Crippen MR) is 144 cm³/mol. The predicted octanol–water partition coefficient (Wildman–Crippen LogP) is 1.81. The van der Waals surface area contributed by atoms with Gasteiger partial charge < -0.3 is 16.0 Å². The highest BCUT2D eigenvalue weighted by Gasteiger charge is 2.42. The normalized spacial score (nSPS) is 16.6. The van der Waals surface area contributed by atoms with E-state index in [9.17, 15) is 18.0 Å². The molecule has 0 unspecified atom stereocenters. The Morgan fingerprint density at radius 3 is 2.11 bits per heavy atom. The van der Waals surface area contributed by atoms with Crippen LogP contribution in [-0.4, -0.2) is 43.8 Å². The number of nitrogens with zero attached hydrogens (tertiary/aromatic N) is 1. The van der Waals surface area contributed by atoms with Crippen molar-refractivity contribution in [3.8, 4) is 0 Å². The van der Waals surface area contributed by atoms with Crippen LogP contribution in [0.25, 0.3) is 0 Å². The lowest BCUT2D eigenvalue weighted by atomic mass is 9.84. The maximum Gasteiger partial charge on any atom is 0.275 e. The Morgan fingerprint density at radius 2 is 1.57 bits per heavy atom. The van der Waals surface area contributed by atoms with Gasteiger partial charge in [0.2, 0.25) is 11.8 Å². The van der Waals surface area contributed by atoms with Crippen LogP contribution in [0.1, 0.15) is 39.6 Å². The van der Waals surface area contributed by atoms with Crippen molar-refractivity contribution in [3.05, 3.63) is 93.7 Å². The topological polar surface area (TPSA) is 148 Å². The van der Waals surface area contributed by atoms with E-state index in [1.54, 1.807) is 0 Å². The summed E-state index contributed by atoms with van der Waals surface area (Å²) in [5.41, 5.74) is 7.17. The van der Waals surface area contributed by atoms with E-state index in [2.05, 4.69) is 10.0 Å². The van der Waals surface area contributed by atoms with Crippen LogP contribution in [0.3, 0.4) is 0 Å². The molecule has 9 nitrogen and oxygen atoms in total. The molecule has 0 bridgehead atoms. The summed E-state index contributed by atoms with van der Waals surface area (Å²) in [5.74, 6) is -1.43. The van der Waals surface area contributed by atoms with E-state index in [1.807, 2.05) is 72.8 Å². The average Bonchev–Trinajstić information content (AvgIpc) is 3.57. The van der Waals surface area contributed by atoms with Crippen molar-refractivity contribution in [1.29, 1.82) is 0 Å². The summed E-state index contributed by atoms with van der Waals surface area (Å²) in [6.45, 7) is 1.11. The molecular weight excluding hydrogens is 510 g/mol. The third kappa shape index (κ3) is 6.82. The molecule has 1 fully saturated rings. The molecule has 3 aromatic rings. The highest BCUT2D eigenvalue weighted by Crippen LogP contribution is 2.31. The van der Waals surface area contributed by atoms with Gasteiger partial charge in [-0.05, 0) is 36.1 Å². The summed E-state index contributed by atoms with van der Waals surface area (Å²) in [6, 6.07) is 20.3. The number of carbonyl (C=O) groups excluding carboxylic acids is 2. The summed E-state index contributed by atoms with van der Waals surface area (Å²) in [7, 11) is -4.25. The van der Waals surface area contributed by atoms with Crippen molar-refractivity contribution < 1.29 is 18.0 Å². The van der Waals surface area contributed by atoms with E-state index in [1.165, 1.54) is 16.2 Å². The van der Waals surface area contributed by atoms with Crippen LogP contribution in [0.2, 0.25) is 0 Å². The molecule has 2 aromatic carbocycles. The molecule has 1 aliphatic rings. The first-order chi connectivity index (χ1) is 17.8. The number of amides is 2. The Morgan fingerprint density at radius 1 is 0.973 bits per heavy atom. The molecule has 0 aliphatic carbocycles. The monoisotopic (exact) mass is 541 g/mol. The first-order valence-corrected chi connectivity index (χ1v) is 14.4. The zero-order chi connectivity index (χ0) is 26.4. The molecule has 4 rings (SSSR count). The largest absolute Gasteiger partial charge is 0.349 e. The lowest BCUT2D eigenvalue weighted by Crippen LogP contribution is -2.56. The SMILES string of the molecule is NCc1ccc(CNC(=O)[C@@H]2CCCN2C(=O)[C@H](NS(N)(=O)=O)C(c2ccccc2)c2ccccc2)s1. The maximum atomic E-state index is 14.0. The van der Waals surface area contributed by atoms with Gasteiger partial charge in [-0.1, -0.05) is 60.7 Å². The van der Waals surface area contributed by atoms with Crippen LogP contribution in [0, 0.1) is 0 Å². The molecule has 1 aromatic heterocycles. The lowest BCUT2D eigenvalue weighted by Gasteiger charge is -2.33. The molecule has 0 spiro atoms. The molecule has 0 radical (unpaired) electrons. The molecule has 37 heavy (non-hydrogen) atoms. The summed E-state index contributed by atoms with van der Waals surface area (Å²) >= 11 is 1.52. The van der Waals surface area contributed by atoms with Crippen molar-refractivity contribution in [2.75, 3.05) is 6.54 Å². The first kappa shape index (κ1) is 27.0. The number of hydrogen-bond acceptors (Lipinski definition) is 6. The second-order valence-corrected chi connectivity index (χ2v) is 11.5. The van der Waals surface area contributed by atoms with Crippen molar-refractivity contribution in [2.24, 2.45) is 10.9 Å². The summed E-state index contributed by atoms with van der Waals surface area (Å²) < 4.78 is 26.9. The summed E-state index contributed by atoms with van der Waals surface area (Å²) in [6.07, 6.45) is 1.11. The second-order valence-electron chi connectivity index (χ2n) is 8.92. The fraction of sp³-hybridized carbons (Fsp3) is 0.308. The fourth-order valence-corrected chi connectivity index (χ4v) is 6.16. The molecule has 2 heterocycles. The molecule has 196 valence electrons. The van der Waals surface area contributed by atoms with E-state index in [0.717, 1.165) is 20.9 Å². The van der Waals surface area contributed by atoms with Gasteiger partial charge in [-0.15, -0.1) is 11.3 Å². The smallest absolute Gasteiger partial charge is 0.275 e. The minimum Gasteiger partial charge on any atom is -0.349 e. The van der Waals surface area contributed by atoms with Gasteiger partial charge >= 0.3 is 0 Å². The molecule has 11 heteroatoms. The first-order valence-electron chi connectivity index (χ1n) is 12.0. The van der Waals surface area contributed by atoms with Crippen LogP contribution in [-0.2, 0) is 32.9 Å². The molecule has 1 saturated heterocycles. The van der Waals surface area contributed by atoms with Crippen molar-refractivity contribution in [2.45, 2.75) is 43.9 Å². The molecule has 0 saturated carbocycles. The van der Waals surface area contributed by atoms with Gasteiger partial charge in [0.15, 0.2) is 0 Å². The summed E-state index contributed by atoms with van der Waals surface area (Å²) in [4.78, 5) is 30.6. The Kier molecular flexibility index (Phi) is 8.72. The van der Waals surface area contributed by atoms with E-state index in [4.69, 9.17) is 10.9 Å². The maximum absolute atomic E-state index is 14.0. The zero-order valence-corrected chi connectivity index (χ0v) is 21.9. The number of nitrogens with two attached hydrogens (primary N) is 2. The Bertz CT molecular complexity index is 1280. The van der Waals surface area contributed by atoms with E-state index < -0.39 is 34.1 Å². The molecule has 1 aliphatic heterocycles. The van der Waals surface area contributed by atoms with Crippen LogP contribution < -0.4 is 20.9 Å². The summed E-state index contributed by atoms with van der Waals surface area (Å²) in [5, 5.41) is 8.31. The highest BCUT2D eigenvalue weighted by atomic mass is 32.2. The van der Waals surface area contributed by atoms with Gasteiger partial charge in [-0.2, -0.15) is 13.1 Å². The quantitative estimate of drug-likeness (QED) is 0.309. The number of likely N-dealkylation sites (tertiary alicyclic amines) is 1. The lowest BCUT2D eigenvalue weighted by molar-refractivity contribution is -0.140. The third-order valence-corrected chi connectivity index (χ3v) is 8.09. The number of rotatable bonds is 10. The zero-order valence-electron chi connectivity index (χ0n) is 20.2. The molecular formula is C26H31N5O4S2. The molecule has 2 atom stereocenters. The fourth-order valence-electron chi connectivity index (χ4n) is 4.74. The van der Waals surface area contributed by atoms with E-state index in [0.29, 0.717) is 32.5 Å². The van der Waals surface area contributed by atoms with Crippen molar-refractivity contribution in [1.82, 2.24) is 14.9 Å². The van der Waals surface area contributed by atoms with E-state index in [-0.39, 0.29) is 5.91 Å². The van der Waals surface area contributed by atoms with Crippen molar-refractivity contribution in [3.63, 3.8) is 0 Å². The van der Waals surface area contributed by atoms with Gasteiger partial charge in [0.1, 0.15) is 12.1 Å². The van der Waals surface area contributed by atoms with Gasteiger partial charge in [-0.3, -0.25) is 9.59 Å². The Balaban J connectivity index is 1.61. The van der Waals surface area contributed by atoms with Gasteiger partial charge in [0.25, 0.3) is 10.2 Å². The van der Waals surface area contributed by atoms with Gasteiger partial charge in [0, 0.05) is 28.8 Å². The molecule has 2 amide bonds. The second kappa shape index (κ2) is 12.0. The number of hydrogen-bond donors (Lipinski definition) is 4. The van der Waals surface area contributed by atoms with Crippen LogP contribution in [0.15, 0.2) is 72.8 Å². The number of benzene rings is 2. The highest BCUT2D eigenvalue weighted by molar-refractivity contribution is 7.87. The van der Waals surface area contributed by atoms with Gasteiger partial charge in [-0.25, -0.2) is 5.14 Å². The Labute approximate surface area is 221 Å². The standard InChI is InChI=1S/C26H31N5O4S2/c27-16-20-13-14-21(36-20)17-29-25(32)22-12-7-15-31(22)26(33)24(30-37(28,34)35)23(18-8-3-1-4-9-18)19-10-5-2-6-11-19/h1-6,8-11,13-14,22-24,30H,7,12,15-17,27H2,(H,29,32)(H2,28,34,35)/t22-,24+/m0/s1. The number of nitrogens with one attached hydrogen (secondary N) is 2. The average molecular weight is 542 g/mol. The number of carbonyl (C=O) groups is 2.